The Bertz CT molecular complexity index is 1230. The first-order valence-corrected chi connectivity index (χ1v) is 10.2. The number of nitrogens with zero attached hydrogens (tertiary/aromatic N) is 2. The number of aromatic nitrogens is 2. The summed E-state index contributed by atoms with van der Waals surface area (Å²) in [6.07, 6.45) is 0. The van der Waals surface area contributed by atoms with Gasteiger partial charge in [-0.25, -0.2) is 13.2 Å². The van der Waals surface area contributed by atoms with Crippen LogP contribution < -0.4 is 20.5 Å². The molecule has 10 heteroatoms. The highest BCUT2D eigenvalue weighted by Crippen LogP contribution is 2.26. The average molecular weight is 419 g/mol. The molecule has 3 rings (SSSR count). The van der Waals surface area contributed by atoms with E-state index >= 15 is 0 Å². The minimum atomic E-state index is -3.92. The van der Waals surface area contributed by atoms with Crippen molar-refractivity contribution in [2.75, 3.05) is 25.3 Å². The fraction of sp³-hybridized carbons (Fsp3) is 0.263. The third-order valence-electron chi connectivity index (χ3n) is 4.56. The summed E-state index contributed by atoms with van der Waals surface area (Å²) in [5.74, 6) is -0.544. The predicted molar refractivity (Wildman–Crippen MR) is 108 cm³/mol. The van der Waals surface area contributed by atoms with Gasteiger partial charge in [0, 0.05) is 38.0 Å². The molecule has 1 amide bonds. The van der Waals surface area contributed by atoms with E-state index in [4.69, 9.17) is 9.47 Å². The number of amides is 1. The maximum Gasteiger partial charge on any atom is 0.328 e. The molecule has 3 aromatic rings. The molecule has 0 aliphatic carbocycles. The Morgan fingerprint density at radius 3 is 2.14 bits per heavy atom. The number of fused-ring (bicyclic) bond motifs is 1. The van der Waals surface area contributed by atoms with Gasteiger partial charge in [0.1, 0.15) is 17.3 Å². The smallest absolute Gasteiger partial charge is 0.328 e. The van der Waals surface area contributed by atoms with Crippen LogP contribution in [0, 0.1) is 0 Å². The summed E-state index contributed by atoms with van der Waals surface area (Å²) >= 11 is 0. The normalized spacial score (nSPS) is 11.4. The van der Waals surface area contributed by atoms with Crippen molar-refractivity contribution in [1.29, 1.82) is 0 Å². The zero-order valence-corrected chi connectivity index (χ0v) is 17.2. The number of hydrogen-bond acceptors (Lipinski definition) is 6. The summed E-state index contributed by atoms with van der Waals surface area (Å²) in [7, 11) is 2.18. The number of carbonyl (C=O) groups is 1. The fourth-order valence-corrected chi connectivity index (χ4v) is 4.16. The Balaban J connectivity index is 1.86. The number of sulfone groups is 1. The molecular formula is C19H21N3O6S. The van der Waals surface area contributed by atoms with E-state index < -0.39 is 21.5 Å². The van der Waals surface area contributed by atoms with Crippen LogP contribution in [0.4, 0.5) is 5.69 Å². The number of hydrogen-bond donors (Lipinski definition) is 1. The van der Waals surface area contributed by atoms with Gasteiger partial charge in [-0.3, -0.25) is 13.9 Å². The van der Waals surface area contributed by atoms with Gasteiger partial charge in [0.2, 0.25) is 5.91 Å². The molecule has 1 heterocycles. The number of ether oxygens (including phenoxy) is 2. The number of carbonyl (C=O) groups excluding carboxylic acids is 1. The van der Waals surface area contributed by atoms with Crippen LogP contribution in [-0.2, 0) is 28.7 Å². The highest BCUT2D eigenvalue weighted by Gasteiger charge is 2.21. The highest BCUT2D eigenvalue weighted by molar-refractivity contribution is 7.92. The zero-order chi connectivity index (χ0) is 21.3. The Labute approximate surface area is 167 Å². The number of anilines is 1. The summed E-state index contributed by atoms with van der Waals surface area (Å²) < 4.78 is 38.5. The molecule has 0 saturated heterocycles. The van der Waals surface area contributed by atoms with Gasteiger partial charge in [-0.15, -0.1) is 0 Å². The Morgan fingerprint density at radius 2 is 1.55 bits per heavy atom. The maximum absolute atomic E-state index is 12.7. The quantitative estimate of drug-likeness (QED) is 0.645. The second-order valence-electron chi connectivity index (χ2n) is 6.46. The average Bonchev–Trinajstić information content (AvgIpc) is 2.90. The van der Waals surface area contributed by atoms with Crippen LogP contribution in [0.25, 0.3) is 11.0 Å². The van der Waals surface area contributed by atoms with E-state index in [-0.39, 0.29) is 10.6 Å². The minimum Gasteiger partial charge on any atom is -0.497 e. The lowest BCUT2D eigenvalue weighted by Gasteiger charge is -2.10. The van der Waals surface area contributed by atoms with Gasteiger partial charge in [0.05, 0.1) is 30.1 Å². The SMILES string of the molecule is COc1cc(NC(=O)CS(=O)(=O)c2ccc3c(c2)n(C)c(=O)n3C)cc(OC)c1. The molecule has 9 nitrogen and oxygen atoms in total. The van der Waals surface area contributed by atoms with E-state index in [1.807, 2.05) is 0 Å². The van der Waals surface area contributed by atoms with E-state index in [1.165, 1.54) is 35.5 Å². The van der Waals surface area contributed by atoms with Crippen molar-refractivity contribution >= 4 is 32.5 Å². The van der Waals surface area contributed by atoms with E-state index in [2.05, 4.69) is 5.32 Å². The number of nitrogens with one attached hydrogen (secondary N) is 1. The van der Waals surface area contributed by atoms with Crippen molar-refractivity contribution in [2.24, 2.45) is 14.1 Å². The second kappa shape index (κ2) is 7.63. The monoisotopic (exact) mass is 419 g/mol. The Morgan fingerprint density at radius 1 is 0.966 bits per heavy atom. The fourth-order valence-electron chi connectivity index (χ4n) is 3.01. The van der Waals surface area contributed by atoms with Gasteiger partial charge in [0.15, 0.2) is 9.84 Å². The third kappa shape index (κ3) is 3.97. The number of methoxy groups -OCH3 is 2. The molecule has 0 unspecified atom stereocenters. The van der Waals surface area contributed by atoms with E-state index in [0.717, 1.165) is 0 Å². The van der Waals surface area contributed by atoms with Crippen LogP contribution in [0.2, 0.25) is 0 Å². The molecular weight excluding hydrogens is 398 g/mol. The third-order valence-corrected chi connectivity index (χ3v) is 6.17. The molecule has 0 spiro atoms. The van der Waals surface area contributed by atoms with Crippen molar-refractivity contribution in [3.05, 3.63) is 46.9 Å². The van der Waals surface area contributed by atoms with Crippen molar-refractivity contribution in [2.45, 2.75) is 4.90 Å². The lowest BCUT2D eigenvalue weighted by Crippen LogP contribution is -2.23. The van der Waals surface area contributed by atoms with Crippen LogP contribution in [0.3, 0.4) is 0 Å². The van der Waals surface area contributed by atoms with Gasteiger partial charge in [0.25, 0.3) is 0 Å². The highest BCUT2D eigenvalue weighted by atomic mass is 32.2. The first-order valence-electron chi connectivity index (χ1n) is 8.57. The molecule has 0 bridgehead atoms. The van der Waals surface area contributed by atoms with Gasteiger partial charge in [-0.05, 0) is 18.2 Å². The summed E-state index contributed by atoms with van der Waals surface area (Å²) in [4.78, 5) is 24.3. The Hall–Kier alpha value is -3.27. The standard InChI is InChI=1S/C19H21N3O6S/c1-21-16-6-5-15(10-17(16)22(2)19(21)24)29(25,26)11-18(23)20-12-7-13(27-3)9-14(8-12)28-4/h5-10H,11H2,1-4H3,(H,20,23). The van der Waals surface area contributed by atoms with Gasteiger partial charge in [-0.1, -0.05) is 0 Å². The minimum absolute atomic E-state index is 0.0374. The Kier molecular flexibility index (Phi) is 5.38. The van der Waals surface area contributed by atoms with Crippen LogP contribution in [0.15, 0.2) is 46.1 Å². The van der Waals surface area contributed by atoms with Crippen LogP contribution in [-0.4, -0.2) is 43.4 Å². The van der Waals surface area contributed by atoms with Gasteiger partial charge < -0.3 is 14.8 Å². The first-order chi connectivity index (χ1) is 13.7. The predicted octanol–water partition coefficient (Wildman–Crippen LogP) is 1.31. The summed E-state index contributed by atoms with van der Waals surface area (Å²) in [5, 5.41) is 2.54. The number of imidazole rings is 1. The summed E-state index contributed by atoms with van der Waals surface area (Å²) in [6.45, 7) is 0. The van der Waals surface area contributed by atoms with E-state index in [0.29, 0.717) is 28.2 Å². The maximum atomic E-state index is 12.7. The van der Waals surface area contributed by atoms with Gasteiger partial charge in [-0.2, -0.15) is 0 Å². The summed E-state index contributed by atoms with van der Waals surface area (Å²) in [5.41, 5.74) is 1.16. The molecule has 0 fully saturated rings. The van der Waals surface area contributed by atoms with Crippen molar-refractivity contribution in [3.63, 3.8) is 0 Å². The molecule has 0 aliphatic heterocycles. The molecule has 154 valence electrons. The van der Waals surface area contributed by atoms with E-state index in [1.54, 1.807) is 38.4 Å². The zero-order valence-electron chi connectivity index (χ0n) is 16.4. The first kappa shape index (κ1) is 20.5. The largest absolute Gasteiger partial charge is 0.497 e. The molecule has 2 aromatic carbocycles. The number of rotatable bonds is 6. The lowest BCUT2D eigenvalue weighted by atomic mass is 10.2. The van der Waals surface area contributed by atoms with Crippen LogP contribution in [0.1, 0.15) is 0 Å². The molecule has 0 radical (unpaired) electrons. The molecule has 1 aromatic heterocycles. The van der Waals surface area contributed by atoms with Crippen molar-refractivity contribution in [1.82, 2.24) is 9.13 Å². The van der Waals surface area contributed by atoms with Crippen LogP contribution in [0.5, 0.6) is 11.5 Å². The summed E-state index contributed by atoms with van der Waals surface area (Å²) in [6, 6.07) is 9.07. The van der Waals surface area contributed by atoms with Crippen LogP contribution >= 0.6 is 0 Å². The lowest BCUT2D eigenvalue weighted by molar-refractivity contribution is -0.113. The molecule has 0 atom stereocenters. The molecule has 1 N–H and O–H groups in total. The van der Waals surface area contributed by atoms with E-state index in [9.17, 15) is 18.0 Å². The van der Waals surface area contributed by atoms with Gasteiger partial charge >= 0.3 is 5.69 Å². The topological polar surface area (TPSA) is 109 Å². The number of benzene rings is 2. The van der Waals surface area contributed by atoms with Crippen molar-refractivity contribution < 1.29 is 22.7 Å². The molecule has 0 aliphatic rings. The van der Waals surface area contributed by atoms with Crippen molar-refractivity contribution in [3.8, 4) is 11.5 Å². The molecule has 0 saturated carbocycles. The number of aryl methyl sites for hydroxylation is 2. The molecule has 29 heavy (non-hydrogen) atoms. The second-order valence-corrected chi connectivity index (χ2v) is 8.45.